The lowest BCUT2D eigenvalue weighted by molar-refractivity contribution is 0.0565. The largest absolute Gasteiger partial charge is 0.394 e. The Bertz CT molecular complexity index is 1260. The molecule has 9 heteroatoms. The molecule has 0 aliphatic carbocycles. The third-order valence-corrected chi connectivity index (χ3v) is 5.62. The minimum Gasteiger partial charge on any atom is -0.394 e. The van der Waals surface area contributed by atoms with Gasteiger partial charge < -0.3 is 15.5 Å². The summed E-state index contributed by atoms with van der Waals surface area (Å²) >= 11 is 5.94. The highest BCUT2D eigenvalue weighted by Crippen LogP contribution is 2.29. The number of benzene rings is 2. The van der Waals surface area contributed by atoms with Crippen molar-refractivity contribution in [1.82, 2.24) is 20.5 Å². The monoisotopic (exact) mass is 480 g/mol. The van der Waals surface area contributed by atoms with E-state index in [0.29, 0.717) is 22.1 Å². The number of nitrogens with zero attached hydrogens (tertiary/aromatic N) is 2. The Morgan fingerprint density at radius 1 is 1.12 bits per heavy atom. The number of nitrogens with one attached hydrogen (secondary N) is 2. The highest BCUT2D eigenvalue weighted by atomic mass is 35.5. The van der Waals surface area contributed by atoms with Crippen LogP contribution in [0.25, 0.3) is 22.5 Å². The summed E-state index contributed by atoms with van der Waals surface area (Å²) in [6.07, 6.45) is 0.552. The minimum absolute atomic E-state index is 0.0442. The fourth-order valence-electron chi connectivity index (χ4n) is 3.61. The lowest BCUT2D eigenvalue weighted by atomic mass is 10.00. The number of hydrogen-bond acceptors (Lipinski definition) is 5. The Morgan fingerprint density at radius 3 is 2.62 bits per heavy atom. The second-order valence-corrected chi connectivity index (χ2v) is 8.13. The van der Waals surface area contributed by atoms with Crippen molar-refractivity contribution in [2.45, 2.75) is 18.6 Å². The van der Waals surface area contributed by atoms with Crippen molar-refractivity contribution >= 4 is 17.5 Å². The minimum atomic E-state index is -1.23. The molecule has 4 aromatic rings. The molecule has 0 aliphatic rings. The number of carbonyl (C=O) groups is 1. The van der Waals surface area contributed by atoms with Crippen LogP contribution in [0.3, 0.4) is 0 Å². The molecule has 4 N–H and O–H groups in total. The van der Waals surface area contributed by atoms with Crippen LogP contribution in [0.2, 0.25) is 5.02 Å². The zero-order valence-corrected chi connectivity index (χ0v) is 18.7. The third kappa shape index (κ3) is 5.31. The van der Waals surface area contributed by atoms with Gasteiger partial charge in [0.05, 0.1) is 35.7 Å². The van der Waals surface area contributed by atoms with Gasteiger partial charge in [-0.3, -0.25) is 14.9 Å². The molecule has 0 saturated carbocycles. The van der Waals surface area contributed by atoms with E-state index in [2.05, 4.69) is 20.5 Å². The number of carbonyl (C=O) groups excluding carboxylic acids is 1. The lowest BCUT2D eigenvalue weighted by Crippen LogP contribution is -2.46. The summed E-state index contributed by atoms with van der Waals surface area (Å²) in [5.74, 6) is -1.21. The molecule has 2 atom stereocenters. The van der Waals surface area contributed by atoms with Crippen LogP contribution in [0.1, 0.15) is 16.1 Å². The van der Waals surface area contributed by atoms with Crippen LogP contribution in [0, 0.1) is 5.82 Å². The number of aromatic nitrogens is 3. The van der Waals surface area contributed by atoms with E-state index in [-0.39, 0.29) is 17.5 Å². The SMILES string of the molecule is O=C(N[C@H](Cc1ccccn1)[C@@H](O)CO)c1cccc(F)c1-c1cc(-c2ccc(Cl)cc2)n[nH]1. The van der Waals surface area contributed by atoms with E-state index in [0.717, 1.165) is 5.56 Å². The second-order valence-electron chi connectivity index (χ2n) is 7.69. The predicted molar refractivity (Wildman–Crippen MR) is 127 cm³/mol. The maximum absolute atomic E-state index is 14.9. The Kier molecular flexibility index (Phi) is 7.32. The van der Waals surface area contributed by atoms with Gasteiger partial charge >= 0.3 is 0 Å². The molecule has 0 unspecified atom stereocenters. The maximum atomic E-state index is 14.9. The number of hydrogen-bond donors (Lipinski definition) is 4. The molecule has 0 aliphatic heterocycles. The number of aliphatic hydroxyl groups excluding tert-OH is 2. The fourth-order valence-corrected chi connectivity index (χ4v) is 3.73. The summed E-state index contributed by atoms with van der Waals surface area (Å²) in [6.45, 7) is -0.557. The van der Waals surface area contributed by atoms with Crippen molar-refractivity contribution in [3.05, 3.63) is 95.0 Å². The van der Waals surface area contributed by atoms with Crippen molar-refractivity contribution in [1.29, 1.82) is 0 Å². The van der Waals surface area contributed by atoms with Crippen LogP contribution in [0.4, 0.5) is 4.39 Å². The highest BCUT2D eigenvalue weighted by Gasteiger charge is 2.25. The van der Waals surface area contributed by atoms with E-state index in [1.165, 1.54) is 18.2 Å². The summed E-state index contributed by atoms with van der Waals surface area (Å²) in [6, 6.07) is 17.3. The van der Waals surface area contributed by atoms with Crippen LogP contribution in [0.5, 0.6) is 0 Å². The Labute approximate surface area is 200 Å². The van der Waals surface area contributed by atoms with Gasteiger partial charge in [0, 0.05) is 34.5 Å². The van der Waals surface area contributed by atoms with E-state index >= 15 is 0 Å². The van der Waals surface area contributed by atoms with Gasteiger partial charge in [0.1, 0.15) is 5.82 Å². The number of pyridine rings is 1. The zero-order chi connectivity index (χ0) is 24.1. The van der Waals surface area contributed by atoms with Crippen molar-refractivity contribution in [2.75, 3.05) is 6.61 Å². The number of aromatic amines is 1. The van der Waals surface area contributed by atoms with Gasteiger partial charge in [-0.25, -0.2) is 4.39 Å². The van der Waals surface area contributed by atoms with Crippen molar-refractivity contribution in [3.8, 4) is 22.5 Å². The molecule has 1 amide bonds. The molecule has 0 bridgehead atoms. The van der Waals surface area contributed by atoms with Crippen LogP contribution < -0.4 is 5.32 Å². The van der Waals surface area contributed by atoms with E-state index in [1.54, 1.807) is 54.7 Å². The topological polar surface area (TPSA) is 111 Å². The van der Waals surface area contributed by atoms with E-state index in [4.69, 9.17) is 11.6 Å². The molecular weight excluding hydrogens is 459 g/mol. The first-order valence-corrected chi connectivity index (χ1v) is 10.9. The second kappa shape index (κ2) is 10.6. The molecule has 0 spiro atoms. The summed E-state index contributed by atoms with van der Waals surface area (Å²) in [5.41, 5.74) is 2.38. The average molecular weight is 481 g/mol. The molecule has 0 radical (unpaired) electrons. The van der Waals surface area contributed by atoms with E-state index < -0.39 is 30.5 Å². The van der Waals surface area contributed by atoms with E-state index in [9.17, 15) is 19.4 Å². The van der Waals surface area contributed by atoms with Crippen LogP contribution in [-0.2, 0) is 6.42 Å². The van der Waals surface area contributed by atoms with Gasteiger partial charge in [-0.15, -0.1) is 0 Å². The summed E-state index contributed by atoms with van der Waals surface area (Å²) in [5, 5.41) is 30.1. The molecule has 2 heterocycles. The van der Waals surface area contributed by atoms with Crippen molar-refractivity contribution in [2.24, 2.45) is 0 Å². The fraction of sp³-hybridized carbons (Fsp3) is 0.160. The first-order valence-electron chi connectivity index (χ1n) is 10.6. The van der Waals surface area contributed by atoms with Gasteiger partial charge in [0.2, 0.25) is 0 Å². The molecule has 0 fully saturated rings. The molecule has 0 saturated heterocycles. The number of H-pyrrole nitrogens is 1. The maximum Gasteiger partial charge on any atom is 0.252 e. The number of halogens is 2. The van der Waals surface area contributed by atoms with Crippen LogP contribution in [-0.4, -0.2) is 50.1 Å². The molecule has 4 rings (SSSR count). The number of rotatable bonds is 8. The van der Waals surface area contributed by atoms with Gasteiger partial charge in [-0.1, -0.05) is 35.9 Å². The number of amides is 1. The van der Waals surface area contributed by atoms with Gasteiger partial charge in [-0.2, -0.15) is 5.10 Å². The molecule has 2 aromatic heterocycles. The highest BCUT2D eigenvalue weighted by molar-refractivity contribution is 6.30. The smallest absolute Gasteiger partial charge is 0.252 e. The quantitative estimate of drug-likeness (QED) is 0.308. The molecule has 2 aromatic carbocycles. The van der Waals surface area contributed by atoms with Gasteiger partial charge in [0.15, 0.2) is 0 Å². The van der Waals surface area contributed by atoms with Crippen LogP contribution >= 0.6 is 11.6 Å². The Morgan fingerprint density at radius 2 is 1.91 bits per heavy atom. The summed E-state index contributed by atoms with van der Waals surface area (Å²) in [4.78, 5) is 17.4. The predicted octanol–water partition coefficient (Wildman–Crippen LogP) is 3.63. The Balaban J connectivity index is 1.63. The number of aliphatic hydroxyl groups is 2. The standard InChI is InChI=1S/C25H22ClFN4O3/c26-16-9-7-15(8-10-16)20-13-22(31-30-20)24-18(5-3-6-19(24)27)25(34)29-21(23(33)14-32)12-17-4-1-2-11-28-17/h1-11,13,21,23,32-33H,12,14H2,(H,29,34)(H,30,31)/t21-,23+/m1/s1. The summed E-state index contributed by atoms with van der Waals surface area (Å²) < 4.78 is 14.9. The average Bonchev–Trinajstić information content (AvgIpc) is 3.33. The van der Waals surface area contributed by atoms with Gasteiger partial charge in [0.25, 0.3) is 5.91 Å². The first kappa shape index (κ1) is 23.6. The zero-order valence-electron chi connectivity index (χ0n) is 18.0. The molecule has 7 nitrogen and oxygen atoms in total. The molecule has 34 heavy (non-hydrogen) atoms. The molecule has 174 valence electrons. The van der Waals surface area contributed by atoms with E-state index in [1.807, 2.05) is 0 Å². The third-order valence-electron chi connectivity index (χ3n) is 5.37. The lowest BCUT2D eigenvalue weighted by Gasteiger charge is -2.23. The van der Waals surface area contributed by atoms with Gasteiger partial charge in [-0.05, 0) is 42.5 Å². The normalized spacial score (nSPS) is 12.8. The Hall–Kier alpha value is -3.59. The van der Waals surface area contributed by atoms with Crippen LogP contribution in [0.15, 0.2) is 72.9 Å². The first-order chi connectivity index (χ1) is 16.5. The van der Waals surface area contributed by atoms with Crippen molar-refractivity contribution < 1.29 is 19.4 Å². The summed E-state index contributed by atoms with van der Waals surface area (Å²) in [7, 11) is 0. The van der Waals surface area contributed by atoms with Crippen molar-refractivity contribution in [3.63, 3.8) is 0 Å². The molecular formula is C25H22ClFN4O3.